The van der Waals surface area contributed by atoms with E-state index in [-0.39, 0.29) is 24.0 Å². The Labute approximate surface area is 175 Å². The number of thiophene rings is 1. The zero-order valence-corrected chi connectivity index (χ0v) is 19.7. The van der Waals surface area contributed by atoms with Gasteiger partial charge in [-0.25, -0.2) is 0 Å². The molecule has 146 valence electrons. The molecule has 1 aromatic rings. The van der Waals surface area contributed by atoms with Gasteiger partial charge in [-0.2, -0.15) is 0 Å². The maximum absolute atomic E-state index is 4.36. The van der Waals surface area contributed by atoms with Crippen LogP contribution in [-0.2, 0) is 6.42 Å². The fourth-order valence-electron chi connectivity index (χ4n) is 2.78. The molecule has 0 fully saturated rings. The normalized spacial score (nSPS) is 14.1. The highest BCUT2D eigenvalue weighted by Gasteiger charge is 2.09. The molecule has 0 amide bonds. The van der Waals surface area contributed by atoms with Crippen LogP contribution in [0.25, 0.3) is 0 Å². The summed E-state index contributed by atoms with van der Waals surface area (Å²) in [5.74, 6) is 1.52. The SMILES string of the molecule is CCN(CC)CCCC(C)NC(=NC)NCC(C)Cc1cccs1.I. The van der Waals surface area contributed by atoms with Crippen LogP contribution in [0.2, 0.25) is 0 Å². The summed E-state index contributed by atoms with van der Waals surface area (Å²) in [6, 6.07) is 4.78. The summed E-state index contributed by atoms with van der Waals surface area (Å²) in [6.07, 6.45) is 3.52. The summed E-state index contributed by atoms with van der Waals surface area (Å²) >= 11 is 1.84. The third-order valence-corrected chi connectivity index (χ3v) is 5.26. The summed E-state index contributed by atoms with van der Waals surface area (Å²) in [5.41, 5.74) is 0. The molecular formula is C19H37IN4S. The van der Waals surface area contributed by atoms with E-state index in [2.05, 4.69) is 65.7 Å². The average Bonchev–Trinajstić information content (AvgIpc) is 3.08. The van der Waals surface area contributed by atoms with E-state index in [1.807, 2.05) is 18.4 Å². The first-order chi connectivity index (χ1) is 11.6. The molecule has 2 atom stereocenters. The van der Waals surface area contributed by atoms with Gasteiger partial charge in [-0.15, -0.1) is 35.3 Å². The molecule has 2 unspecified atom stereocenters. The third kappa shape index (κ3) is 11.1. The minimum Gasteiger partial charge on any atom is -0.356 e. The largest absolute Gasteiger partial charge is 0.356 e. The first-order valence-corrected chi connectivity index (χ1v) is 10.2. The Morgan fingerprint density at radius 1 is 1.28 bits per heavy atom. The van der Waals surface area contributed by atoms with Crippen molar-refractivity contribution in [3.8, 4) is 0 Å². The predicted octanol–water partition coefficient (Wildman–Crippen LogP) is 4.22. The number of nitrogens with zero attached hydrogens (tertiary/aromatic N) is 2. The van der Waals surface area contributed by atoms with E-state index in [9.17, 15) is 0 Å². The third-order valence-electron chi connectivity index (χ3n) is 4.36. The lowest BCUT2D eigenvalue weighted by Gasteiger charge is -2.22. The van der Waals surface area contributed by atoms with Crippen LogP contribution in [0.1, 0.15) is 45.4 Å². The zero-order valence-electron chi connectivity index (χ0n) is 16.5. The summed E-state index contributed by atoms with van der Waals surface area (Å²) in [5, 5.41) is 9.13. The Kier molecular flexibility index (Phi) is 14.6. The van der Waals surface area contributed by atoms with Crippen molar-refractivity contribution in [3.05, 3.63) is 22.4 Å². The lowest BCUT2D eigenvalue weighted by atomic mass is 10.1. The van der Waals surface area contributed by atoms with Crippen molar-refractivity contribution in [2.45, 2.75) is 53.0 Å². The molecule has 6 heteroatoms. The molecule has 25 heavy (non-hydrogen) atoms. The Bertz CT molecular complexity index is 446. The Morgan fingerprint density at radius 2 is 2.00 bits per heavy atom. The van der Waals surface area contributed by atoms with E-state index in [0.29, 0.717) is 12.0 Å². The highest BCUT2D eigenvalue weighted by atomic mass is 127. The average molecular weight is 481 g/mol. The van der Waals surface area contributed by atoms with Crippen molar-refractivity contribution >= 4 is 41.3 Å². The van der Waals surface area contributed by atoms with Gasteiger partial charge >= 0.3 is 0 Å². The van der Waals surface area contributed by atoms with Gasteiger partial charge in [0, 0.05) is 24.5 Å². The van der Waals surface area contributed by atoms with Gasteiger partial charge in [0.2, 0.25) is 0 Å². The van der Waals surface area contributed by atoms with Gasteiger partial charge in [-0.05, 0) is 63.2 Å². The Morgan fingerprint density at radius 3 is 2.56 bits per heavy atom. The van der Waals surface area contributed by atoms with Gasteiger partial charge in [0.15, 0.2) is 5.96 Å². The van der Waals surface area contributed by atoms with E-state index >= 15 is 0 Å². The van der Waals surface area contributed by atoms with Crippen molar-refractivity contribution < 1.29 is 0 Å². The number of aliphatic imine (C=N–C) groups is 1. The van der Waals surface area contributed by atoms with Gasteiger partial charge in [0.05, 0.1) is 0 Å². The first kappa shape index (κ1) is 24.7. The van der Waals surface area contributed by atoms with Crippen LogP contribution in [0.15, 0.2) is 22.5 Å². The summed E-state index contributed by atoms with van der Waals surface area (Å²) in [7, 11) is 1.85. The van der Waals surface area contributed by atoms with E-state index in [1.165, 1.54) is 24.3 Å². The number of hydrogen-bond donors (Lipinski definition) is 2. The van der Waals surface area contributed by atoms with Crippen molar-refractivity contribution in [1.82, 2.24) is 15.5 Å². The number of rotatable bonds is 11. The fraction of sp³-hybridized carbons (Fsp3) is 0.737. The molecule has 0 saturated carbocycles. The second-order valence-corrected chi connectivity index (χ2v) is 7.59. The predicted molar refractivity (Wildman–Crippen MR) is 124 cm³/mol. The minimum atomic E-state index is 0. The molecule has 1 heterocycles. The molecule has 0 bridgehead atoms. The molecular weight excluding hydrogens is 443 g/mol. The van der Waals surface area contributed by atoms with Crippen LogP contribution >= 0.6 is 35.3 Å². The summed E-state index contributed by atoms with van der Waals surface area (Å²) in [4.78, 5) is 8.29. The van der Waals surface area contributed by atoms with E-state index in [0.717, 1.165) is 32.0 Å². The second kappa shape index (κ2) is 14.8. The molecule has 1 aromatic heterocycles. The Hall–Kier alpha value is -0.340. The van der Waals surface area contributed by atoms with Crippen LogP contribution in [0.4, 0.5) is 0 Å². The molecule has 0 aromatic carbocycles. The second-order valence-electron chi connectivity index (χ2n) is 6.56. The van der Waals surface area contributed by atoms with E-state index in [4.69, 9.17) is 0 Å². The molecule has 0 aliphatic carbocycles. The number of hydrogen-bond acceptors (Lipinski definition) is 3. The molecule has 0 radical (unpaired) electrons. The minimum absolute atomic E-state index is 0. The van der Waals surface area contributed by atoms with E-state index < -0.39 is 0 Å². The highest BCUT2D eigenvalue weighted by Crippen LogP contribution is 2.13. The topological polar surface area (TPSA) is 39.7 Å². The fourth-order valence-corrected chi connectivity index (χ4v) is 3.65. The molecule has 0 aliphatic heterocycles. The van der Waals surface area contributed by atoms with Gasteiger partial charge in [-0.3, -0.25) is 4.99 Å². The maximum atomic E-state index is 4.36. The van der Waals surface area contributed by atoms with Crippen LogP contribution in [0.5, 0.6) is 0 Å². The number of guanidine groups is 1. The van der Waals surface area contributed by atoms with Crippen molar-refractivity contribution in [3.63, 3.8) is 0 Å². The van der Waals surface area contributed by atoms with Crippen molar-refractivity contribution in [2.24, 2.45) is 10.9 Å². The van der Waals surface area contributed by atoms with Crippen LogP contribution in [-0.4, -0.2) is 50.1 Å². The molecule has 0 saturated heterocycles. The molecule has 2 N–H and O–H groups in total. The van der Waals surface area contributed by atoms with E-state index in [1.54, 1.807) is 0 Å². The van der Waals surface area contributed by atoms with Gasteiger partial charge in [-0.1, -0.05) is 26.8 Å². The van der Waals surface area contributed by atoms with Gasteiger partial charge < -0.3 is 15.5 Å². The monoisotopic (exact) mass is 480 g/mol. The Balaban J connectivity index is 0.00000576. The smallest absolute Gasteiger partial charge is 0.191 e. The lowest BCUT2D eigenvalue weighted by Crippen LogP contribution is -2.44. The molecule has 4 nitrogen and oxygen atoms in total. The zero-order chi connectivity index (χ0) is 17.8. The summed E-state index contributed by atoms with van der Waals surface area (Å²) < 4.78 is 0. The van der Waals surface area contributed by atoms with Crippen molar-refractivity contribution in [1.29, 1.82) is 0 Å². The first-order valence-electron chi connectivity index (χ1n) is 9.30. The summed E-state index contributed by atoms with van der Waals surface area (Å²) in [6.45, 7) is 13.4. The van der Waals surface area contributed by atoms with Gasteiger partial charge in [0.1, 0.15) is 0 Å². The lowest BCUT2D eigenvalue weighted by molar-refractivity contribution is 0.292. The molecule has 1 rings (SSSR count). The van der Waals surface area contributed by atoms with Crippen molar-refractivity contribution in [2.75, 3.05) is 33.2 Å². The quantitative estimate of drug-likeness (QED) is 0.283. The number of nitrogens with one attached hydrogen (secondary N) is 2. The standard InChI is InChI=1S/C19H36N4S.HI/c1-6-23(7-2)12-8-10-17(4)22-19(20-5)21-15-16(3)14-18-11-9-13-24-18;/h9,11,13,16-17H,6-8,10,12,14-15H2,1-5H3,(H2,20,21,22);1H. The highest BCUT2D eigenvalue weighted by molar-refractivity contribution is 14.0. The maximum Gasteiger partial charge on any atom is 0.191 e. The van der Waals surface area contributed by atoms with Crippen LogP contribution < -0.4 is 10.6 Å². The molecule has 0 spiro atoms. The van der Waals surface area contributed by atoms with Crippen LogP contribution in [0, 0.1) is 5.92 Å². The molecule has 0 aliphatic rings. The van der Waals surface area contributed by atoms with Gasteiger partial charge in [0.25, 0.3) is 0 Å². The van der Waals surface area contributed by atoms with Crippen LogP contribution in [0.3, 0.4) is 0 Å². The number of halogens is 1.